The van der Waals surface area contributed by atoms with Crippen molar-refractivity contribution in [1.82, 2.24) is 10.5 Å². The van der Waals surface area contributed by atoms with Gasteiger partial charge in [0.15, 0.2) is 10.7 Å². The lowest BCUT2D eigenvalue weighted by atomic mass is 9.86. The Balaban J connectivity index is 1.91. The van der Waals surface area contributed by atoms with Gasteiger partial charge in [-0.05, 0) is 51.7 Å². The molecule has 7 nitrogen and oxygen atoms in total. The minimum absolute atomic E-state index is 0.0110. The van der Waals surface area contributed by atoms with Crippen molar-refractivity contribution in [2.75, 3.05) is 10.8 Å². The van der Waals surface area contributed by atoms with E-state index in [0.717, 1.165) is 29.1 Å². The van der Waals surface area contributed by atoms with E-state index in [0.29, 0.717) is 11.6 Å². The summed E-state index contributed by atoms with van der Waals surface area (Å²) in [7, 11) is -4.02. The molecular weight excluding hydrogens is 390 g/mol. The van der Waals surface area contributed by atoms with E-state index in [1.54, 1.807) is 26.0 Å². The van der Waals surface area contributed by atoms with Crippen LogP contribution < -0.4 is 9.62 Å². The summed E-state index contributed by atoms with van der Waals surface area (Å²) >= 11 is 0. The van der Waals surface area contributed by atoms with E-state index in [1.165, 1.54) is 6.42 Å². The van der Waals surface area contributed by atoms with E-state index in [1.807, 2.05) is 19.1 Å². The van der Waals surface area contributed by atoms with Gasteiger partial charge in [0.2, 0.25) is 5.91 Å². The van der Waals surface area contributed by atoms with Crippen molar-refractivity contribution < 1.29 is 17.7 Å². The van der Waals surface area contributed by atoms with Crippen LogP contribution in [0.3, 0.4) is 0 Å². The summed E-state index contributed by atoms with van der Waals surface area (Å²) in [6, 6.07) is 7.15. The highest BCUT2D eigenvalue weighted by Crippen LogP contribution is 2.28. The standard InChI is InChI=1S/C21H29N3O4S/c1-14-9-11-18(12-10-14)24(29(26,27)21-16(3)23-28-17(21)4)13-20(25)22-19-8-6-5-7-15(19)2/h9-12,15,19H,5-8,13H2,1-4H3,(H,22,25)/t15-,19-/m0/s1. The Morgan fingerprint density at radius 3 is 2.41 bits per heavy atom. The molecule has 0 bridgehead atoms. The molecule has 1 amide bonds. The maximum Gasteiger partial charge on any atom is 0.270 e. The fourth-order valence-corrected chi connectivity index (χ4v) is 5.61. The van der Waals surface area contributed by atoms with Crippen LogP contribution in [0.25, 0.3) is 0 Å². The molecule has 158 valence electrons. The van der Waals surface area contributed by atoms with Crippen LogP contribution in [-0.2, 0) is 14.8 Å². The van der Waals surface area contributed by atoms with Gasteiger partial charge in [-0.25, -0.2) is 8.42 Å². The van der Waals surface area contributed by atoms with Gasteiger partial charge >= 0.3 is 0 Å². The molecule has 1 fully saturated rings. The van der Waals surface area contributed by atoms with Crippen molar-refractivity contribution in [3.05, 3.63) is 41.3 Å². The molecule has 1 aromatic heterocycles. The second kappa shape index (κ2) is 8.57. The molecule has 1 aliphatic rings. The van der Waals surface area contributed by atoms with Crippen molar-refractivity contribution in [2.45, 2.75) is 64.3 Å². The molecule has 2 aromatic rings. The van der Waals surface area contributed by atoms with Crippen molar-refractivity contribution in [2.24, 2.45) is 5.92 Å². The average Bonchev–Trinajstić information content (AvgIpc) is 3.01. The third-order valence-electron chi connectivity index (χ3n) is 5.58. The van der Waals surface area contributed by atoms with Crippen LogP contribution >= 0.6 is 0 Å². The average molecular weight is 420 g/mol. The van der Waals surface area contributed by atoms with Crippen LogP contribution in [0, 0.1) is 26.7 Å². The quantitative estimate of drug-likeness (QED) is 0.774. The summed E-state index contributed by atoms with van der Waals surface area (Å²) < 4.78 is 33.1. The molecule has 1 saturated carbocycles. The van der Waals surface area contributed by atoms with Gasteiger partial charge in [0.05, 0.1) is 5.69 Å². The molecule has 8 heteroatoms. The van der Waals surface area contributed by atoms with Crippen molar-refractivity contribution >= 4 is 21.6 Å². The molecule has 3 rings (SSSR count). The molecule has 1 aliphatic carbocycles. The lowest BCUT2D eigenvalue weighted by molar-refractivity contribution is -0.120. The highest BCUT2D eigenvalue weighted by atomic mass is 32.2. The minimum Gasteiger partial charge on any atom is -0.360 e. The van der Waals surface area contributed by atoms with Crippen LogP contribution in [0.2, 0.25) is 0 Å². The van der Waals surface area contributed by atoms with Crippen LogP contribution in [0.1, 0.15) is 49.6 Å². The molecule has 0 unspecified atom stereocenters. The van der Waals surface area contributed by atoms with E-state index >= 15 is 0 Å². The summed E-state index contributed by atoms with van der Waals surface area (Å²) in [4.78, 5) is 12.8. The largest absolute Gasteiger partial charge is 0.360 e. The number of nitrogens with zero attached hydrogens (tertiary/aromatic N) is 2. The maximum atomic E-state index is 13.5. The van der Waals surface area contributed by atoms with Gasteiger partial charge in [0, 0.05) is 6.04 Å². The topological polar surface area (TPSA) is 92.5 Å². The predicted molar refractivity (Wildman–Crippen MR) is 111 cm³/mol. The number of hydrogen-bond donors (Lipinski definition) is 1. The fourth-order valence-electron chi connectivity index (χ4n) is 3.89. The zero-order valence-electron chi connectivity index (χ0n) is 17.4. The monoisotopic (exact) mass is 419 g/mol. The lowest BCUT2D eigenvalue weighted by Gasteiger charge is -2.31. The number of nitrogens with one attached hydrogen (secondary N) is 1. The molecule has 0 saturated heterocycles. The SMILES string of the molecule is Cc1ccc(N(CC(=O)N[C@H]2CCCC[C@@H]2C)S(=O)(=O)c2c(C)noc2C)cc1. The van der Waals surface area contributed by atoms with Crippen molar-refractivity contribution in [3.63, 3.8) is 0 Å². The van der Waals surface area contributed by atoms with E-state index in [4.69, 9.17) is 4.52 Å². The Hall–Kier alpha value is -2.35. The molecule has 1 aromatic carbocycles. The zero-order valence-corrected chi connectivity index (χ0v) is 18.3. The second-order valence-electron chi connectivity index (χ2n) is 7.94. The molecule has 1 N–H and O–H groups in total. The molecule has 1 heterocycles. The van der Waals surface area contributed by atoms with Gasteiger partial charge in [-0.2, -0.15) is 0 Å². The Morgan fingerprint density at radius 1 is 1.17 bits per heavy atom. The van der Waals surface area contributed by atoms with Crippen LogP contribution in [0.4, 0.5) is 5.69 Å². The number of rotatable bonds is 6. The normalized spacial score (nSPS) is 19.7. The van der Waals surface area contributed by atoms with Gasteiger partial charge in [-0.1, -0.05) is 42.6 Å². The summed E-state index contributed by atoms with van der Waals surface area (Å²) in [6.45, 7) is 6.90. The Kier molecular flexibility index (Phi) is 6.31. The molecule has 0 radical (unpaired) electrons. The summed E-state index contributed by atoms with van der Waals surface area (Å²) in [5, 5.41) is 6.82. The summed E-state index contributed by atoms with van der Waals surface area (Å²) in [6.07, 6.45) is 4.25. The number of hydrogen-bond acceptors (Lipinski definition) is 5. The van der Waals surface area contributed by atoms with E-state index in [9.17, 15) is 13.2 Å². The molecule has 29 heavy (non-hydrogen) atoms. The van der Waals surface area contributed by atoms with Crippen molar-refractivity contribution in [3.8, 4) is 0 Å². The Labute approximate surface area is 172 Å². The predicted octanol–water partition coefficient (Wildman–Crippen LogP) is 3.49. The number of carbonyl (C=O) groups is 1. The van der Waals surface area contributed by atoms with Crippen LogP contribution in [0.15, 0.2) is 33.7 Å². The first-order valence-corrected chi connectivity index (χ1v) is 11.5. The van der Waals surface area contributed by atoms with Crippen molar-refractivity contribution in [1.29, 1.82) is 0 Å². The molecular formula is C21H29N3O4S. The van der Waals surface area contributed by atoms with Gasteiger partial charge in [0.25, 0.3) is 10.0 Å². The molecule has 0 aliphatic heterocycles. The van der Waals surface area contributed by atoms with Gasteiger partial charge in [-0.3, -0.25) is 9.10 Å². The van der Waals surface area contributed by atoms with Gasteiger partial charge in [-0.15, -0.1) is 0 Å². The number of anilines is 1. The maximum absolute atomic E-state index is 13.5. The highest BCUT2D eigenvalue weighted by Gasteiger charge is 2.33. The summed E-state index contributed by atoms with van der Waals surface area (Å²) in [5.74, 6) is 0.292. The Morgan fingerprint density at radius 2 is 1.83 bits per heavy atom. The lowest BCUT2D eigenvalue weighted by Crippen LogP contribution is -2.47. The number of aromatic nitrogens is 1. The van der Waals surface area contributed by atoms with Gasteiger partial charge in [0.1, 0.15) is 12.2 Å². The van der Waals surface area contributed by atoms with E-state index in [-0.39, 0.29) is 34.8 Å². The second-order valence-corrected chi connectivity index (χ2v) is 9.74. The van der Waals surface area contributed by atoms with E-state index < -0.39 is 10.0 Å². The first kappa shape index (κ1) is 21.4. The third kappa shape index (κ3) is 4.63. The van der Waals surface area contributed by atoms with Gasteiger partial charge < -0.3 is 9.84 Å². The number of amides is 1. The Bertz CT molecular complexity index is 947. The number of sulfonamides is 1. The minimum atomic E-state index is -4.02. The fraction of sp³-hybridized carbons (Fsp3) is 0.524. The van der Waals surface area contributed by atoms with Crippen LogP contribution in [-0.4, -0.2) is 32.1 Å². The molecule has 2 atom stereocenters. The first-order valence-electron chi connectivity index (χ1n) is 10.0. The number of carbonyl (C=O) groups excluding carboxylic acids is 1. The third-order valence-corrected chi connectivity index (χ3v) is 7.60. The zero-order chi connectivity index (χ0) is 21.2. The van der Waals surface area contributed by atoms with Crippen LogP contribution in [0.5, 0.6) is 0 Å². The smallest absolute Gasteiger partial charge is 0.270 e. The number of benzene rings is 1. The summed E-state index contributed by atoms with van der Waals surface area (Å²) in [5.41, 5.74) is 1.72. The highest BCUT2D eigenvalue weighted by molar-refractivity contribution is 7.93. The molecule has 0 spiro atoms. The first-order chi connectivity index (χ1) is 13.7. The number of aryl methyl sites for hydroxylation is 3. The van der Waals surface area contributed by atoms with E-state index in [2.05, 4.69) is 17.4 Å².